The van der Waals surface area contributed by atoms with E-state index in [-0.39, 0.29) is 0 Å². The van der Waals surface area contributed by atoms with Gasteiger partial charge in [-0.05, 0) is 25.8 Å². The Labute approximate surface area is 133 Å². The molecule has 4 rings (SSSR count). The van der Waals surface area contributed by atoms with E-state index in [1.807, 2.05) is 0 Å². The number of anilines is 1. The molecule has 1 fully saturated rings. The molecule has 0 unspecified atom stereocenters. The number of benzene rings is 1. The van der Waals surface area contributed by atoms with Gasteiger partial charge in [0, 0.05) is 40.7 Å². The summed E-state index contributed by atoms with van der Waals surface area (Å²) in [7, 11) is 0. The first-order chi connectivity index (χ1) is 10.8. The van der Waals surface area contributed by atoms with Crippen LogP contribution in [-0.2, 0) is 4.74 Å². The molecule has 1 saturated heterocycles. The Bertz CT molecular complexity index is 786. The molecule has 5 heteroatoms. The zero-order chi connectivity index (χ0) is 14.9. The van der Waals surface area contributed by atoms with Crippen molar-refractivity contribution in [2.24, 2.45) is 0 Å². The Morgan fingerprint density at radius 3 is 3.18 bits per heavy atom. The van der Waals surface area contributed by atoms with E-state index in [2.05, 4.69) is 46.9 Å². The highest BCUT2D eigenvalue weighted by Crippen LogP contribution is 2.33. The van der Waals surface area contributed by atoms with E-state index in [1.54, 1.807) is 11.3 Å². The standard InChI is InChI=1S/C17H19N3OS/c1-11-16(13-6-2-3-7-14(13)19-11)15-10-22-17(20-15)18-9-12-5-4-8-21-12/h2-3,6-7,10,12,19H,4-5,8-9H2,1H3,(H,18,20)/t12-/m1/s1. The van der Waals surface area contributed by atoms with E-state index in [1.165, 1.54) is 17.4 Å². The number of ether oxygens (including phenoxy) is 1. The highest BCUT2D eigenvalue weighted by molar-refractivity contribution is 7.14. The molecule has 1 aromatic carbocycles. The number of para-hydroxylation sites is 1. The molecule has 22 heavy (non-hydrogen) atoms. The van der Waals surface area contributed by atoms with E-state index in [9.17, 15) is 0 Å². The Kier molecular flexibility index (Phi) is 3.60. The number of fused-ring (bicyclic) bond motifs is 1. The number of nitrogens with zero attached hydrogens (tertiary/aromatic N) is 1. The Balaban J connectivity index is 1.58. The fourth-order valence-electron chi connectivity index (χ4n) is 3.08. The molecule has 3 aromatic rings. The summed E-state index contributed by atoms with van der Waals surface area (Å²) in [5.74, 6) is 0. The number of hydrogen-bond donors (Lipinski definition) is 2. The summed E-state index contributed by atoms with van der Waals surface area (Å²) in [4.78, 5) is 8.19. The van der Waals surface area contributed by atoms with Crippen molar-refractivity contribution in [1.82, 2.24) is 9.97 Å². The molecule has 4 nitrogen and oxygen atoms in total. The lowest BCUT2D eigenvalue weighted by Crippen LogP contribution is -2.18. The van der Waals surface area contributed by atoms with Gasteiger partial charge in [0.2, 0.25) is 0 Å². The van der Waals surface area contributed by atoms with Gasteiger partial charge in [0.15, 0.2) is 5.13 Å². The van der Waals surface area contributed by atoms with Crippen molar-refractivity contribution in [3.05, 3.63) is 35.3 Å². The second-order valence-electron chi connectivity index (χ2n) is 5.72. The Morgan fingerprint density at radius 2 is 2.32 bits per heavy atom. The van der Waals surface area contributed by atoms with Crippen molar-refractivity contribution in [3.63, 3.8) is 0 Å². The van der Waals surface area contributed by atoms with Gasteiger partial charge in [0.05, 0.1) is 11.8 Å². The van der Waals surface area contributed by atoms with Crippen LogP contribution >= 0.6 is 11.3 Å². The van der Waals surface area contributed by atoms with Crippen LogP contribution in [-0.4, -0.2) is 29.2 Å². The largest absolute Gasteiger partial charge is 0.376 e. The number of nitrogens with one attached hydrogen (secondary N) is 2. The van der Waals surface area contributed by atoms with E-state index in [4.69, 9.17) is 9.72 Å². The van der Waals surface area contributed by atoms with Gasteiger partial charge in [0.25, 0.3) is 0 Å². The van der Waals surface area contributed by atoms with Gasteiger partial charge in [-0.3, -0.25) is 0 Å². The van der Waals surface area contributed by atoms with Gasteiger partial charge in [-0.25, -0.2) is 4.98 Å². The molecule has 1 atom stereocenters. The monoisotopic (exact) mass is 313 g/mol. The fraction of sp³-hybridized carbons (Fsp3) is 0.353. The fourth-order valence-corrected chi connectivity index (χ4v) is 3.79. The maximum Gasteiger partial charge on any atom is 0.183 e. The van der Waals surface area contributed by atoms with Crippen LogP contribution in [0.5, 0.6) is 0 Å². The third kappa shape index (κ3) is 2.51. The number of rotatable bonds is 4. The van der Waals surface area contributed by atoms with Gasteiger partial charge in [0.1, 0.15) is 0 Å². The summed E-state index contributed by atoms with van der Waals surface area (Å²) in [6.45, 7) is 3.85. The van der Waals surface area contributed by atoms with Crippen molar-refractivity contribution in [3.8, 4) is 11.3 Å². The normalized spacial score (nSPS) is 18.1. The third-order valence-corrected chi connectivity index (χ3v) is 4.96. The average molecular weight is 313 g/mol. The maximum atomic E-state index is 5.64. The summed E-state index contributed by atoms with van der Waals surface area (Å²) >= 11 is 1.66. The van der Waals surface area contributed by atoms with Gasteiger partial charge < -0.3 is 15.0 Å². The van der Waals surface area contributed by atoms with E-state index in [0.717, 1.165) is 41.6 Å². The average Bonchev–Trinajstić information content (AvgIpc) is 3.24. The zero-order valence-electron chi connectivity index (χ0n) is 12.6. The van der Waals surface area contributed by atoms with Gasteiger partial charge in [-0.15, -0.1) is 11.3 Å². The van der Waals surface area contributed by atoms with Gasteiger partial charge in [-0.1, -0.05) is 18.2 Å². The minimum atomic E-state index is 0.335. The lowest BCUT2D eigenvalue weighted by molar-refractivity contribution is 0.120. The van der Waals surface area contributed by atoms with E-state index in [0.29, 0.717) is 6.10 Å². The maximum absolute atomic E-state index is 5.64. The van der Waals surface area contributed by atoms with Crippen molar-refractivity contribution in [2.75, 3.05) is 18.5 Å². The van der Waals surface area contributed by atoms with Gasteiger partial charge in [-0.2, -0.15) is 0 Å². The molecule has 0 bridgehead atoms. The number of aryl methyl sites for hydroxylation is 1. The molecule has 1 aliphatic rings. The van der Waals surface area contributed by atoms with Crippen LogP contribution in [0, 0.1) is 6.92 Å². The minimum absolute atomic E-state index is 0.335. The molecule has 0 amide bonds. The molecule has 1 aliphatic heterocycles. The van der Waals surface area contributed by atoms with Crippen molar-refractivity contribution in [2.45, 2.75) is 25.9 Å². The van der Waals surface area contributed by atoms with E-state index < -0.39 is 0 Å². The molecule has 0 radical (unpaired) electrons. The molecule has 3 heterocycles. The molecule has 0 aliphatic carbocycles. The molecule has 114 valence electrons. The molecule has 0 saturated carbocycles. The highest BCUT2D eigenvalue weighted by Gasteiger charge is 2.17. The second kappa shape index (κ2) is 5.74. The SMILES string of the molecule is Cc1[nH]c2ccccc2c1-c1csc(NC[C@H]2CCCO2)n1. The quantitative estimate of drug-likeness (QED) is 0.759. The first-order valence-electron chi connectivity index (χ1n) is 7.70. The van der Waals surface area contributed by atoms with Crippen LogP contribution in [0.4, 0.5) is 5.13 Å². The smallest absolute Gasteiger partial charge is 0.183 e. The van der Waals surface area contributed by atoms with Crippen LogP contribution in [0.25, 0.3) is 22.2 Å². The lowest BCUT2D eigenvalue weighted by Gasteiger charge is -2.09. The predicted octanol–water partition coefficient (Wildman–Crippen LogP) is 4.19. The highest BCUT2D eigenvalue weighted by atomic mass is 32.1. The number of aromatic amines is 1. The Hall–Kier alpha value is -1.85. The summed E-state index contributed by atoms with van der Waals surface area (Å²) in [5.41, 5.74) is 4.57. The van der Waals surface area contributed by atoms with Crippen molar-refractivity contribution < 1.29 is 4.74 Å². The number of H-pyrrole nitrogens is 1. The molecule has 2 N–H and O–H groups in total. The molecular weight excluding hydrogens is 294 g/mol. The topological polar surface area (TPSA) is 49.9 Å². The van der Waals surface area contributed by atoms with E-state index >= 15 is 0 Å². The van der Waals surface area contributed by atoms with Crippen molar-refractivity contribution >= 4 is 27.4 Å². The van der Waals surface area contributed by atoms with Gasteiger partial charge >= 0.3 is 0 Å². The van der Waals surface area contributed by atoms with Crippen LogP contribution in [0.1, 0.15) is 18.5 Å². The number of hydrogen-bond acceptors (Lipinski definition) is 4. The molecular formula is C17H19N3OS. The second-order valence-corrected chi connectivity index (χ2v) is 6.58. The minimum Gasteiger partial charge on any atom is -0.376 e. The number of aromatic nitrogens is 2. The lowest BCUT2D eigenvalue weighted by atomic mass is 10.1. The first kappa shape index (κ1) is 13.8. The Morgan fingerprint density at radius 1 is 1.41 bits per heavy atom. The summed E-state index contributed by atoms with van der Waals surface area (Å²) < 4.78 is 5.64. The molecule has 0 spiro atoms. The predicted molar refractivity (Wildman–Crippen MR) is 91.6 cm³/mol. The van der Waals surface area contributed by atoms with Crippen molar-refractivity contribution in [1.29, 1.82) is 0 Å². The van der Waals surface area contributed by atoms with Crippen LogP contribution in [0.15, 0.2) is 29.6 Å². The first-order valence-corrected chi connectivity index (χ1v) is 8.58. The van der Waals surface area contributed by atoms with Crippen LogP contribution in [0.2, 0.25) is 0 Å². The summed E-state index contributed by atoms with van der Waals surface area (Å²) in [6, 6.07) is 8.38. The molecule has 2 aromatic heterocycles. The van der Waals surface area contributed by atoms with Crippen LogP contribution < -0.4 is 5.32 Å². The zero-order valence-corrected chi connectivity index (χ0v) is 13.4. The van der Waals surface area contributed by atoms with Crippen LogP contribution in [0.3, 0.4) is 0 Å². The summed E-state index contributed by atoms with van der Waals surface area (Å²) in [5, 5.41) is 7.73. The number of thiazole rings is 1. The third-order valence-electron chi connectivity index (χ3n) is 4.16. The summed E-state index contributed by atoms with van der Waals surface area (Å²) in [6.07, 6.45) is 2.65.